The summed E-state index contributed by atoms with van der Waals surface area (Å²) in [5.74, 6) is -1.07. The average molecular weight is 421 g/mol. The molecule has 0 radical (unpaired) electrons. The van der Waals surface area contributed by atoms with Crippen LogP contribution in [0.4, 0.5) is 13.2 Å². The third kappa shape index (κ3) is 3.54. The van der Waals surface area contributed by atoms with Gasteiger partial charge in [0.15, 0.2) is 5.65 Å². The van der Waals surface area contributed by atoms with Gasteiger partial charge in [0.25, 0.3) is 0 Å². The summed E-state index contributed by atoms with van der Waals surface area (Å²) in [5.41, 5.74) is 1.80. The van der Waals surface area contributed by atoms with E-state index in [1.807, 2.05) is 0 Å². The van der Waals surface area contributed by atoms with E-state index in [9.17, 15) is 21.6 Å². The maximum Gasteiger partial charge on any atom is 0.449 e. The number of rotatable bonds is 3. The number of nitrogens with two attached hydrogens (primary N) is 1. The third-order valence-electron chi connectivity index (χ3n) is 4.42. The highest BCUT2D eigenvalue weighted by Crippen LogP contribution is 2.34. The monoisotopic (exact) mass is 421 g/mol. The molecule has 11 heteroatoms. The molecule has 0 bridgehead atoms. The zero-order valence-corrected chi connectivity index (χ0v) is 15.8. The predicted molar refractivity (Wildman–Crippen MR) is 99.5 cm³/mol. The smallest absolute Gasteiger partial charge is 0.315 e. The molecule has 7 nitrogen and oxygen atoms in total. The van der Waals surface area contributed by atoms with Crippen molar-refractivity contribution in [3.63, 3.8) is 0 Å². The first-order valence-corrected chi connectivity index (χ1v) is 9.90. The highest BCUT2D eigenvalue weighted by atomic mass is 32.2. The number of hydrogen-bond acceptors (Lipinski definition) is 5. The van der Waals surface area contributed by atoms with Crippen LogP contribution in [0.1, 0.15) is 17.1 Å². The molecular formula is C18H14F3N5O2S. The molecule has 3 aromatic heterocycles. The Morgan fingerprint density at radius 2 is 1.76 bits per heavy atom. The molecule has 0 atom stereocenters. The maximum absolute atomic E-state index is 13.7. The molecule has 0 unspecified atom stereocenters. The second kappa shape index (κ2) is 6.49. The first-order valence-electron chi connectivity index (χ1n) is 8.35. The van der Waals surface area contributed by atoms with Crippen molar-refractivity contribution >= 4 is 32.1 Å². The number of imidazole rings is 1. The molecule has 0 saturated heterocycles. The highest BCUT2D eigenvalue weighted by Gasteiger charge is 2.38. The van der Waals surface area contributed by atoms with E-state index in [0.29, 0.717) is 22.3 Å². The van der Waals surface area contributed by atoms with Gasteiger partial charge in [-0.25, -0.2) is 28.5 Å². The predicted octanol–water partition coefficient (Wildman–Crippen LogP) is 3.00. The van der Waals surface area contributed by atoms with Crippen molar-refractivity contribution in [1.29, 1.82) is 0 Å². The highest BCUT2D eigenvalue weighted by molar-refractivity contribution is 7.89. The molecule has 150 valence electrons. The second-order valence-corrected chi connectivity index (χ2v) is 8.09. The number of alkyl halides is 3. The summed E-state index contributed by atoms with van der Waals surface area (Å²) in [6.45, 7) is 1.58. The van der Waals surface area contributed by atoms with Crippen molar-refractivity contribution in [3.05, 3.63) is 59.7 Å². The van der Waals surface area contributed by atoms with Gasteiger partial charge < -0.3 is 4.57 Å². The van der Waals surface area contributed by atoms with E-state index in [0.717, 1.165) is 4.57 Å². The molecule has 0 saturated carbocycles. The SMILES string of the molecule is Cc1ccc2c(ncc3nc(C(F)(F)F)n(Cc4ccc(S(N)(=O)=O)cc4)c32)n1. The Morgan fingerprint density at radius 3 is 2.38 bits per heavy atom. The summed E-state index contributed by atoms with van der Waals surface area (Å²) in [6.07, 6.45) is -3.43. The van der Waals surface area contributed by atoms with Gasteiger partial charge in [-0.15, -0.1) is 0 Å². The van der Waals surface area contributed by atoms with Gasteiger partial charge in [0.05, 0.1) is 16.6 Å². The van der Waals surface area contributed by atoms with E-state index in [1.165, 1.54) is 30.5 Å². The van der Waals surface area contributed by atoms with Crippen LogP contribution < -0.4 is 5.14 Å². The van der Waals surface area contributed by atoms with Crippen LogP contribution in [0.5, 0.6) is 0 Å². The minimum absolute atomic E-state index is 0.0941. The van der Waals surface area contributed by atoms with Crippen LogP contribution in [0.25, 0.3) is 22.1 Å². The summed E-state index contributed by atoms with van der Waals surface area (Å²) < 4.78 is 64.8. The lowest BCUT2D eigenvalue weighted by atomic mass is 10.2. The largest absolute Gasteiger partial charge is 0.449 e. The van der Waals surface area contributed by atoms with Gasteiger partial charge in [0, 0.05) is 17.6 Å². The lowest BCUT2D eigenvalue weighted by Gasteiger charge is -2.13. The minimum Gasteiger partial charge on any atom is -0.315 e. The Kier molecular flexibility index (Phi) is 4.32. The van der Waals surface area contributed by atoms with Gasteiger partial charge in [-0.1, -0.05) is 12.1 Å². The molecule has 0 aliphatic carbocycles. The Labute approximate surface area is 163 Å². The fraction of sp³-hybridized carbons (Fsp3) is 0.167. The lowest BCUT2D eigenvalue weighted by molar-refractivity contribution is -0.146. The number of fused-ring (bicyclic) bond motifs is 3. The first kappa shape index (κ1) is 19.3. The zero-order valence-electron chi connectivity index (χ0n) is 15.0. The minimum atomic E-state index is -4.69. The molecule has 4 aromatic rings. The Bertz CT molecular complexity index is 1350. The molecular weight excluding hydrogens is 407 g/mol. The number of aryl methyl sites for hydroxylation is 1. The van der Waals surface area contributed by atoms with E-state index in [-0.39, 0.29) is 22.5 Å². The molecule has 29 heavy (non-hydrogen) atoms. The van der Waals surface area contributed by atoms with Gasteiger partial charge in [0.1, 0.15) is 5.52 Å². The van der Waals surface area contributed by atoms with E-state index >= 15 is 0 Å². The van der Waals surface area contributed by atoms with Crippen molar-refractivity contribution in [2.24, 2.45) is 5.14 Å². The number of hydrogen-bond donors (Lipinski definition) is 1. The molecule has 0 spiro atoms. The molecule has 2 N–H and O–H groups in total. The third-order valence-corrected chi connectivity index (χ3v) is 5.35. The number of nitrogens with zero attached hydrogens (tertiary/aromatic N) is 4. The molecule has 0 aliphatic rings. The number of aromatic nitrogens is 4. The fourth-order valence-corrected chi connectivity index (χ4v) is 3.65. The number of benzene rings is 1. The van der Waals surface area contributed by atoms with E-state index in [1.54, 1.807) is 19.1 Å². The number of pyridine rings is 2. The number of primary sulfonamides is 1. The second-order valence-electron chi connectivity index (χ2n) is 6.52. The van der Waals surface area contributed by atoms with Crippen LogP contribution in [0, 0.1) is 6.92 Å². The summed E-state index contributed by atoms with van der Waals surface area (Å²) in [5, 5.41) is 5.51. The Balaban J connectivity index is 1.93. The van der Waals surface area contributed by atoms with Crippen molar-refractivity contribution in [2.75, 3.05) is 0 Å². The first-order chi connectivity index (χ1) is 13.5. The average Bonchev–Trinajstić information content (AvgIpc) is 3.00. The topological polar surface area (TPSA) is 104 Å². The van der Waals surface area contributed by atoms with Gasteiger partial charge in [0.2, 0.25) is 15.8 Å². The molecule has 4 rings (SSSR count). The number of halogens is 3. The standard InChI is InChI=1S/C18H14F3N5O2S/c1-10-2-7-13-15-14(8-23-16(13)24-10)25-17(18(19,20)21)26(15)9-11-3-5-12(6-4-11)29(22,27)28/h2-8H,9H2,1H3,(H2,22,27,28). The maximum atomic E-state index is 13.7. The summed E-state index contributed by atoms with van der Waals surface area (Å²) in [7, 11) is -3.90. The summed E-state index contributed by atoms with van der Waals surface area (Å²) in [6, 6.07) is 8.68. The van der Waals surface area contributed by atoms with Gasteiger partial charge in [-0.05, 0) is 36.8 Å². The molecule has 0 amide bonds. The molecule has 3 heterocycles. The quantitative estimate of drug-likeness (QED) is 0.548. The molecule has 0 aliphatic heterocycles. The van der Waals surface area contributed by atoms with Crippen LogP contribution in [-0.2, 0) is 22.7 Å². The van der Waals surface area contributed by atoms with Crippen molar-refractivity contribution in [1.82, 2.24) is 19.5 Å². The van der Waals surface area contributed by atoms with Crippen LogP contribution >= 0.6 is 0 Å². The Hall–Kier alpha value is -3.05. The van der Waals surface area contributed by atoms with Crippen LogP contribution in [0.15, 0.2) is 47.5 Å². The fourth-order valence-electron chi connectivity index (χ4n) is 3.13. The zero-order chi connectivity index (χ0) is 21.0. The van der Waals surface area contributed by atoms with Gasteiger partial charge in [-0.3, -0.25) is 0 Å². The normalized spacial score (nSPS) is 12.7. The van der Waals surface area contributed by atoms with Crippen molar-refractivity contribution in [3.8, 4) is 0 Å². The van der Waals surface area contributed by atoms with E-state index in [2.05, 4.69) is 15.0 Å². The van der Waals surface area contributed by atoms with E-state index in [4.69, 9.17) is 5.14 Å². The summed E-state index contributed by atoms with van der Waals surface area (Å²) in [4.78, 5) is 12.0. The van der Waals surface area contributed by atoms with Crippen molar-refractivity contribution in [2.45, 2.75) is 24.5 Å². The van der Waals surface area contributed by atoms with Crippen molar-refractivity contribution < 1.29 is 21.6 Å². The molecule has 0 fully saturated rings. The Morgan fingerprint density at radius 1 is 1.07 bits per heavy atom. The molecule has 1 aromatic carbocycles. The van der Waals surface area contributed by atoms with E-state index < -0.39 is 22.0 Å². The van der Waals surface area contributed by atoms with Crippen LogP contribution in [-0.4, -0.2) is 27.9 Å². The number of sulfonamides is 1. The van der Waals surface area contributed by atoms with Gasteiger partial charge >= 0.3 is 6.18 Å². The van der Waals surface area contributed by atoms with Gasteiger partial charge in [-0.2, -0.15) is 13.2 Å². The lowest BCUT2D eigenvalue weighted by Crippen LogP contribution is -2.16. The summed E-state index contributed by atoms with van der Waals surface area (Å²) >= 11 is 0. The van der Waals surface area contributed by atoms with Crippen LogP contribution in [0.2, 0.25) is 0 Å². The van der Waals surface area contributed by atoms with Crippen LogP contribution in [0.3, 0.4) is 0 Å².